The van der Waals surface area contributed by atoms with Crippen molar-refractivity contribution < 1.29 is 9.53 Å². The van der Waals surface area contributed by atoms with Crippen molar-refractivity contribution in [1.29, 1.82) is 5.26 Å². The molecule has 0 bridgehead atoms. The van der Waals surface area contributed by atoms with Gasteiger partial charge in [-0.2, -0.15) is 5.26 Å². The van der Waals surface area contributed by atoms with Gasteiger partial charge in [-0.1, -0.05) is 6.42 Å². The molecule has 1 N–H and O–H groups in total. The summed E-state index contributed by atoms with van der Waals surface area (Å²) >= 11 is 0. The van der Waals surface area contributed by atoms with Gasteiger partial charge in [0.25, 0.3) is 0 Å². The van der Waals surface area contributed by atoms with Crippen LogP contribution in [0.5, 0.6) is 5.75 Å². The van der Waals surface area contributed by atoms with Gasteiger partial charge in [0.05, 0.1) is 23.8 Å². The molecule has 2 fully saturated rings. The average Bonchev–Trinajstić information content (AvgIpc) is 2.96. The molecule has 9 nitrogen and oxygen atoms in total. The van der Waals surface area contributed by atoms with E-state index in [-0.39, 0.29) is 6.03 Å². The van der Waals surface area contributed by atoms with Gasteiger partial charge in [-0.3, -0.25) is 0 Å². The Morgan fingerprint density at radius 2 is 1.76 bits per heavy atom. The summed E-state index contributed by atoms with van der Waals surface area (Å²) in [6.07, 6.45) is 6.61. The highest BCUT2D eigenvalue weighted by atomic mass is 16.5. The van der Waals surface area contributed by atoms with Gasteiger partial charge in [-0.15, -0.1) is 0 Å². The molecule has 192 valence electrons. The number of nitriles is 1. The van der Waals surface area contributed by atoms with Crippen molar-refractivity contribution in [3.63, 3.8) is 0 Å². The van der Waals surface area contributed by atoms with E-state index in [1.54, 1.807) is 35.5 Å². The molecular weight excluding hydrogens is 466 g/mol. The Hall–Kier alpha value is -3.90. The maximum Gasteiger partial charge on any atom is 0.321 e. The van der Waals surface area contributed by atoms with Crippen LogP contribution < -0.4 is 15.0 Å². The Balaban J connectivity index is 1.14. The molecule has 0 aliphatic carbocycles. The summed E-state index contributed by atoms with van der Waals surface area (Å²) in [5, 5.41) is 12.8. The number of anilines is 2. The largest absolute Gasteiger partial charge is 0.493 e. The molecule has 2 aliphatic heterocycles. The van der Waals surface area contributed by atoms with Crippen molar-refractivity contribution in [3.8, 4) is 11.8 Å². The zero-order valence-corrected chi connectivity index (χ0v) is 21.1. The molecule has 0 spiro atoms. The van der Waals surface area contributed by atoms with Crippen LogP contribution in [0, 0.1) is 11.3 Å². The number of hydrogen-bond donors (Lipinski definition) is 1. The third kappa shape index (κ3) is 6.27. The van der Waals surface area contributed by atoms with Gasteiger partial charge in [0.2, 0.25) is 0 Å². The zero-order valence-electron chi connectivity index (χ0n) is 21.1. The van der Waals surface area contributed by atoms with Crippen molar-refractivity contribution in [2.24, 2.45) is 0 Å². The molecule has 2 aliphatic rings. The minimum Gasteiger partial charge on any atom is -0.493 e. The first-order valence-electron chi connectivity index (χ1n) is 13.1. The quantitative estimate of drug-likeness (QED) is 0.489. The van der Waals surface area contributed by atoms with Crippen LogP contribution in [-0.4, -0.2) is 78.2 Å². The molecule has 2 aromatic carbocycles. The van der Waals surface area contributed by atoms with Crippen LogP contribution in [0.1, 0.15) is 31.2 Å². The number of hydrogen-bond acceptors (Lipinski definition) is 7. The van der Waals surface area contributed by atoms with E-state index in [1.807, 2.05) is 18.2 Å². The second kappa shape index (κ2) is 11.9. The number of amides is 2. The Kier molecular flexibility index (Phi) is 7.96. The SMILES string of the molecule is N#Cc1ccc(NC(=O)N2CCN(c3ncnc4cc(OCCCN5CCCCC5)ccc34)CC2)cc1. The van der Waals surface area contributed by atoms with Crippen molar-refractivity contribution in [2.45, 2.75) is 25.7 Å². The third-order valence-electron chi connectivity index (χ3n) is 7.05. The lowest BCUT2D eigenvalue weighted by Gasteiger charge is -2.35. The molecular formula is C28H33N7O2. The molecule has 0 unspecified atom stereocenters. The van der Waals surface area contributed by atoms with Gasteiger partial charge in [0.1, 0.15) is 17.9 Å². The van der Waals surface area contributed by atoms with Gasteiger partial charge in [-0.25, -0.2) is 14.8 Å². The standard InChI is InChI=1S/C28H33N7O2/c29-20-22-5-7-23(8-6-22)32-28(36)35-16-14-34(15-17-35)27-25-10-9-24(19-26(25)30-21-31-27)37-18-4-13-33-11-2-1-3-12-33/h5-10,19,21H,1-4,11-18H2,(H,32,36). The Labute approximate surface area is 217 Å². The number of piperazine rings is 1. The first-order chi connectivity index (χ1) is 18.2. The monoisotopic (exact) mass is 499 g/mol. The molecule has 2 amide bonds. The highest BCUT2D eigenvalue weighted by Gasteiger charge is 2.23. The number of aromatic nitrogens is 2. The average molecular weight is 500 g/mol. The van der Waals surface area contributed by atoms with Gasteiger partial charge < -0.3 is 24.8 Å². The molecule has 0 saturated carbocycles. The normalized spacial score (nSPS) is 16.4. The molecule has 9 heteroatoms. The van der Waals surface area contributed by atoms with Crippen LogP contribution in [-0.2, 0) is 0 Å². The van der Waals surface area contributed by atoms with Crippen molar-refractivity contribution in [2.75, 3.05) is 62.6 Å². The zero-order chi connectivity index (χ0) is 25.5. The summed E-state index contributed by atoms with van der Waals surface area (Å²) in [4.78, 5) is 28.3. The van der Waals surface area contributed by atoms with Crippen LogP contribution in [0.4, 0.5) is 16.3 Å². The number of piperidine rings is 1. The summed E-state index contributed by atoms with van der Waals surface area (Å²) in [5.74, 6) is 1.72. The number of carbonyl (C=O) groups is 1. The summed E-state index contributed by atoms with van der Waals surface area (Å²) in [6, 6.07) is 14.8. The third-order valence-corrected chi connectivity index (χ3v) is 7.05. The van der Waals surface area contributed by atoms with Crippen molar-refractivity contribution in [3.05, 3.63) is 54.4 Å². The molecule has 0 radical (unpaired) electrons. The van der Waals surface area contributed by atoms with Crippen LogP contribution in [0.15, 0.2) is 48.8 Å². The number of rotatable bonds is 7. The van der Waals surface area contributed by atoms with Crippen LogP contribution >= 0.6 is 0 Å². The fraction of sp³-hybridized carbons (Fsp3) is 0.429. The molecule has 1 aromatic heterocycles. The van der Waals surface area contributed by atoms with Gasteiger partial charge in [0, 0.05) is 49.9 Å². The molecule has 0 atom stereocenters. The highest BCUT2D eigenvalue weighted by Crippen LogP contribution is 2.27. The minimum absolute atomic E-state index is 0.140. The van der Waals surface area contributed by atoms with E-state index in [0.29, 0.717) is 44.0 Å². The van der Waals surface area contributed by atoms with Crippen LogP contribution in [0.3, 0.4) is 0 Å². The lowest BCUT2D eigenvalue weighted by atomic mass is 10.1. The number of ether oxygens (including phenoxy) is 1. The van der Waals surface area contributed by atoms with E-state index < -0.39 is 0 Å². The number of likely N-dealkylation sites (tertiary alicyclic amines) is 1. The lowest BCUT2D eigenvalue weighted by Crippen LogP contribution is -2.50. The first kappa shape index (κ1) is 24.8. The number of nitrogens with zero attached hydrogens (tertiary/aromatic N) is 6. The fourth-order valence-corrected chi connectivity index (χ4v) is 4.98. The number of benzene rings is 2. The first-order valence-corrected chi connectivity index (χ1v) is 13.1. The number of fused-ring (bicyclic) bond motifs is 1. The topological polar surface area (TPSA) is 97.6 Å². The van der Waals surface area contributed by atoms with E-state index in [4.69, 9.17) is 10.00 Å². The Morgan fingerprint density at radius 3 is 2.51 bits per heavy atom. The van der Waals surface area contributed by atoms with Crippen LogP contribution in [0.25, 0.3) is 10.9 Å². The minimum atomic E-state index is -0.140. The summed E-state index contributed by atoms with van der Waals surface area (Å²) in [7, 11) is 0. The van der Waals surface area contributed by atoms with Gasteiger partial charge in [-0.05, 0) is 68.8 Å². The Bertz CT molecular complexity index is 1240. The molecule has 3 heterocycles. The second-order valence-corrected chi connectivity index (χ2v) is 9.57. The summed E-state index contributed by atoms with van der Waals surface area (Å²) < 4.78 is 6.03. The van der Waals surface area contributed by atoms with Gasteiger partial charge in [0.15, 0.2) is 0 Å². The van der Waals surface area contributed by atoms with Gasteiger partial charge >= 0.3 is 6.03 Å². The van der Waals surface area contributed by atoms with E-state index in [9.17, 15) is 4.79 Å². The summed E-state index contributed by atoms with van der Waals surface area (Å²) in [5.41, 5.74) is 2.10. The Morgan fingerprint density at radius 1 is 0.973 bits per heavy atom. The predicted molar refractivity (Wildman–Crippen MR) is 144 cm³/mol. The number of nitrogens with one attached hydrogen (secondary N) is 1. The number of urea groups is 1. The van der Waals surface area contributed by atoms with E-state index in [1.165, 1.54) is 32.4 Å². The maximum atomic E-state index is 12.7. The van der Waals surface area contributed by atoms with E-state index >= 15 is 0 Å². The lowest BCUT2D eigenvalue weighted by molar-refractivity contribution is 0.205. The fourth-order valence-electron chi connectivity index (χ4n) is 4.98. The van der Waals surface area contributed by atoms with Crippen LogP contribution in [0.2, 0.25) is 0 Å². The predicted octanol–water partition coefficient (Wildman–Crippen LogP) is 4.11. The smallest absolute Gasteiger partial charge is 0.321 e. The van der Waals surface area contributed by atoms with E-state index in [2.05, 4.69) is 31.2 Å². The molecule has 3 aromatic rings. The maximum absolute atomic E-state index is 12.7. The molecule has 5 rings (SSSR count). The van der Waals surface area contributed by atoms with E-state index in [0.717, 1.165) is 35.4 Å². The highest BCUT2D eigenvalue weighted by molar-refractivity contribution is 5.91. The van der Waals surface area contributed by atoms with Crippen molar-refractivity contribution >= 4 is 28.4 Å². The van der Waals surface area contributed by atoms with Crippen molar-refractivity contribution in [1.82, 2.24) is 19.8 Å². The second-order valence-electron chi connectivity index (χ2n) is 9.57. The number of carbonyl (C=O) groups excluding carboxylic acids is 1. The molecule has 37 heavy (non-hydrogen) atoms. The summed E-state index contributed by atoms with van der Waals surface area (Å²) in [6.45, 7) is 6.77. The molecule has 2 saturated heterocycles.